The summed E-state index contributed by atoms with van der Waals surface area (Å²) in [7, 11) is 0. The Bertz CT molecular complexity index is 237. The Hall–Kier alpha value is -0.440. The fourth-order valence-corrected chi connectivity index (χ4v) is 2.68. The molecule has 0 heterocycles. The minimum atomic E-state index is 0.0111. The molecule has 1 aliphatic rings. The molecule has 0 aliphatic heterocycles. The van der Waals surface area contributed by atoms with Gasteiger partial charge >= 0.3 is 0 Å². The fraction of sp³-hybridized carbons (Fsp3) is 0.727. The number of carbonyl (C=O) groups is 1. The van der Waals surface area contributed by atoms with E-state index >= 15 is 0 Å². The highest BCUT2D eigenvalue weighted by Gasteiger charge is 2.26. The molecule has 3 heteroatoms. The van der Waals surface area contributed by atoms with Crippen LogP contribution < -0.4 is 5.32 Å². The minimum Gasteiger partial charge on any atom is -0.345 e. The second-order valence-corrected chi connectivity index (χ2v) is 5.80. The van der Waals surface area contributed by atoms with Gasteiger partial charge in [-0.25, -0.2) is 0 Å². The SMILES string of the molecule is CC(C)NC(=O)S[C@]1(C)C=CCCC1. The predicted molar refractivity (Wildman–Crippen MR) is 62.7 cm³/mol. The van der Waals surface area contributed by atoms with Gasteiger partial charge in [-0.15, -0.1) is 0 Å². The molecule has 0 aromatic carbocycles. The number of hydrogen-bond acceptors (Lipinski definition) is 2. The molecular formula is C11H19NOS. The summed E-state index contributed by atoms with van der Waals surface area (Å²) in [5.74, 6) is 0. The average molecular weight is 213 g/mol. The Balaban J connectivity index is 2.45. The lowest BCUT2D eigenvalue weighted by atomic mass is 9.97. The Morgan fingerprint density at radius 1 is 1.57 bits per heavy atom. The van der Waals surface area contributed by atoms with E-state index in [9.17, 15) is 4.79 Å². The van der Waals surface area contributed by atoms with Gasteiger partial charge in [0.15, 0.2) is 0 Å². The van der Waals surface area contributed by atoms with Crippen molar-refractivity contribution in [3.05, 3.63) is 12.2 Å². The van der Waals surface area contributed by atoms with E-state index in [0.29, 0.717) is 0 Å². The van der Waals surface area contributed by atoms with Crippen molar-refractivity contribution in [1.29, 1.82) is 0 Å². The lowest BCUT2D eigenvalue weighted by Crippen LogP contribution is -2.31. The number of allylic oxidation sites excluding steroid dienone is 1. The Morgan fingerprint density at radius 2 is 2.29 bits per heavy atom. The van der Waals surface area contributed by atoms with Crippen molar-refractivity contribution in [3.63, 3.8) is 0 Å². The highest BCUT2D eigenvalue weighted by atomic mass is 32.2. The maximum atomic E-state index is 11.5. The summed E-state index contributed by atoms with van der Waals surface area (Å²) in [6.07, 6.45) is 7.79. The monoisotopic (exact) mass is 213 g/mol. The van der Waals surface area contributed by atoms with Crippen LogP contribution in [-0.4, -0.2) is 16.0 Å². The third kappa shape index (κ3) is 3.74. The Labute approximate surface area is 90.5 Å². The molecule has 0 aromatic heterocycles. The number of hydrogen-bond donors (Lipinski definition) is 1. The lowest BCUT2D eigenvalue weighted by Gasteiger charge is -2.27. The summed E-state index contributed by atoms with van der Waals surface area (Å²) in [5, 5.41) is 3.00. The maximum absolute atomic E-state index is 11.5. The largest absolute Gasteiger partial charge is 0.345 e. The van der Waals surface area contributed by atoms with Gasteiger partial charge in [0.25, 0.3) is 5.24 Å². The molecule has 0 spiro atoms. The van der Waals surface area contributed by atoms with E-state index in [-0.39, 0.29) is 16.0 Å². The first-order valence-corrected chi connectivity index (χ1v) is 6.01. The summed E-state index contributed by atoms with van der Waals surface area (Å²) in [6.45, 7) is 6.10. The summed E-state index contributed by atoms with van der Waals surface area (Å²) in [5.41, 5.74) is 0. The molecule has 1 aliphatic carbocycles. The van der Waals surface area contributed by atoms with Crippen molar-refractivity contribution in [2.24, 2.45) is 0 Å². The van der Waals surface area contributed by atoms with Crippen LogP contribution in [0.4, 0.5) is 4.79 Å². The highest BCUT2D eigenvalue weighted by Crippen LogP contribution is 2.35. The van der Waals surface area contributed by atoms with Gasteiger partial charge < -0.3 is 5.32 Å². The van der Waals surface area contributed by atoms with Gasteiger partial charge in [0.05, 0.1) is 0 Å². The van der Waals surface area contributed by atoms with Gasteiger partial charge in [-0.1, -0.05) is 23.9 Å². The minimum absolute atomic E-state index is 0.0111. The van der Waals surface area contributed by atoms with Crippen LogP contribution in [0.25, 0.3) is 0 Å². The third-order valence-electron chi connectivity index (χ3n) is 2.25. The molecule has 0 fully saturated rings. The standard InChI is InChI=1S/C11H19NOS/c1-9(2)12-10(13)14-11(3)7-5-4-6-8-11/h5,7,9H,4,6,8H2,1-3H3,(H,12,13)/t11-/m1/s1. The topological polar surface area (TPSA) is 29.1 Å². The molecule has 0 saturated heterocycles. The number of nitrogens with one attached hydrogen (secondary N) is 1. The second-order valence-electron chi connectivity index (χ2n) is 4.30. The van der Waals surface area contributed by atoms with E-state index in [1.165, 1.54) is 18.2 Å². The zero-order chi connectivity index (χ0) is 10.6. The van der Waals surface area contributed by atoms with E-state index in [2.05, 4.69) is 24.4 Å². The van der Waals surface area contributed by atoms with Gasteiger partial charge in [-0.3, -0.25) is 4.79 Å². The van der Waals surface area contributed by atoms with Crippen molar-refractivity contribution in [3.8, 4) is 0 Å². The normalized spacial score (nSPS) is 26.6. The van der Waals surface area contributed by atoms with E-state index < -0.39 is 0 Å². The van der Waals surface area contributed by atoms with E-state index in [1.807, 2.05) is 13.8 Å². The molecule has 0 bridgehead atoms. The molecule has 1 amide bonds. The molecule has 14 heavy (non-hydrogen) atoms. The van der Waals surface area contributed by atoms with Crippen LogP contribution in [0.3, 0.4) is 0 Å². The molecule has 0 unspecified atom stereocenters. The van der Waals surface area contributed by atoms with Crippen LogP contribution in [0, 0.1) is 0 Å². The molecule has 1 atom stereocenters. The van der Waals surface area contributed by atoms with Crippen molar-refractivity contribution in [1.82, 2.24) is 5.32 Å². The molecule has 0 radical (unpaired) electrons. The molecule has 0 aromatic rings. The van der Waals surface area contributed by atoms with Crippen molar-refractivity contribution >= 4 is 17.0 Å². The third-order valence-corrected chi connectivity index (χ3v) is 3.36. The molecular weight excluding hydrogens is 194 g/mol. The average Bonchev–Trinajstić information content (AvgIpc) is 2.02. The smallest absolute Gasteiger partial charge is 0.280 e. The van der Waals surface area contributed by atoms with Crippen LogP contribution in [0.15, 0.2) is 12.2 Å². The van der Waals surface area contributed by atoms with Crippen LogP contribution in [0.2, 0.25) is 0 Å². The van der Waals surface area contributed by atoms with Crippen LogP contribution >= 0.6 is 11.8 Å². The summed E-state index contributed by atoms with van der Waals surface area (Å²) < 4.78 is 0.0111. The second kappa shape index (κ2) is 4.87. The molecule has 1 rings (SSSR count). The molecule has 2 nitrogen and oxygen atoms in total. The van der Waals surface area contributed by atoms with Gasteiger partial charge in [0, 0.05) is 10.8 Å². The predicted octanol–water partition coefficient (Wildman–Crippen LogP) is 3.34. The molecule has 0 saturated carbocycles. The van der Waals surface area contributed by atoms with Gasteiger partial charge in [0.2, 0.25) is 0 Å². The van der Waals surface area contributed by atoms with Gasteiger partial charge in [0.1, 0.15) is 0 Å². The van der Waals surface area contributed by atoms with Gasteiger partial charge in [-0.05, 0) is 40.0 Å². The number of amides is 1. The van der Waals surface area contributed by atoms with Crippen molar-refractivity contribution < 1.29 is 4.79 Å². The quantitative estimate of drug-likeness (QED) is 0.713. The summed E-state index contributed by atoms with van der Waals surface area (Å²) in [4.78, 5) is 11.5. The number of rotatable bonds is 2. The van der Waals surface area contributed by atoms with E-state index in [0.717, 1.165) is 12.8 Å². The van der Waals surface area contributed by atoms with E-state index in [1.54, 1.807) is 0 Å². The molecule has 80 valence electrons. The maximum Gasteiger partial charge on any atom is 0.280 e. The number of thioether (sulfide) groups is 1. The van der Waals surface area contributed by atoms with Crippen molar-refractivity contribution in [2.75, 3.05) is 0 Å². The molecule has 1 N–H and O–H groups in total. The van der Waals surface area contributed by atoms with Crippen LogP contribution in [0.1, 0.15) is 40.0 Å². The fourth-order valence-electron chi connectivity index (χ4n) is 1.55. The zero-order valence-electron chi connectivity index (χ0n) is 9.17. The first kappa shape index (κ1) is 11.6. The van der Waals surface area contributed by atoms with Crippen LogP contribution in [0.5, 0.6) is 0 Å². The number of carbonyl (C=O) groups excluding carboxylic acids is 1. The zero-order valence-corrected chi connectivity index (χ0v) is 9.99. The first-order valence-electron chi connectivity index (χ1n) is 5.19. The van der Waals surface area contributed by atoms with Crippen LogP contribution in [-0.2, 0) is 0 Å². The Kier molecular flexibility index (Phi) is 4.05. The van der Waals surface area contributed by atoms with E-state index in [4.69, 9.17) is 0 Å². The lowest BCUT2D eigenvalue weighted by molar-refractivity contribution is 0.258. The van der Waals surface area contributed by atoms with Crippen molar-refractivity contribution in [2.45, 2.75) is 50.8 Å². The summed E-state index contributed by atoms with van der Waals surface area (Å²) in [6, 6.07) is 0.228. The highest BCUT2D eigenvalue weighted by molar-refractivity contribution is 8.14. The first-order chi connectivity index (χ1) is 6.52. The Morgan fingerprint density at radius 3 is 2.79 bits per heavy atom. The van der Waals surface area contributed by atoms with Gasteiger partial charge in [-0.2, -0.15) is 0 Å². The summed E-state index contributed by atoms with van der Waals surface area (Å²) >= 11 is 1.41.